The number of primary amides is 1. The smallest absolute Gasteiger partial charge is 0.315 e. The number of hydrogen-bond donors (Lipinski definition) is 1. The van der Waals surface area contributed by atoms with E-state index in [1.807, 2.05) is 0 Å². The van der Waals surface area contributed by atoms with Gasteiger partial charge in [-0.1, -0.05) is 11.6 Å². The molecule has 1 aromatic heterocycles. The molecule has 1 rings (SSSR count). The molecule has 0 bridgehead atoms. The molecule has 0 unspecified atom stereocenters. The van der Waals surface area contributed by atoms with Crippen molar-refractivity contribution in [3.05, 3.63) is 23.2 Å². The minimum atomic E-state index is -0.552. The second kappa shape index (κ2) is 2.62. The number of nitrogens with two attached hydrogens (primary N) is 1. The average molecular weight is 159 g/mol. The fourth-order valence-corrected chi connectivity index (χ4v) is 0.576. The first kappa shape index (κ1) is 6.95. The lowest BCUT2D eigenvalue weighted by molar-refractivity contribution is -0.382. The van der Waals surface area contributed by atoms with Gasteiger partial charge in [-0.25, -0.2) is 9.97 Å². The third kappa shape index (κ3) is 1.41. The van der Waals surface area contributed by atoms with E-state index < -0.39 is 5.91 Å². The molecule has 4 nitrogen and oxygen atoms in total. The van der Waals surface area contributed by atoms with Gasteiger partial charge >= 0.3 is 5.91 Å². The molecule has 0 aromatic carbocycles. The minimum Gasteiger partial charge on any atom is -0.360 e. The van der Waals surface area contributed by atoms with Crippen LogP contribution in [0.5, 0.6) is 0 Å². The van der Waals surface area contributed by atoms with Gasteiger partial charge in [0.2, 0.25) is 6.20 Å². The van der Waals surface area contributed by atoms with Gasteiger partial charge in [-0.15, -0.1) is 0 Å². The highest BCUT2D eigenvalue weighted by atomic mass is 35.5. The van der Waals surface area contributed by atoms with Crippen LogP contribution >= 0.6 is 11.6 Å². The van der Waals surface area contributed by atoms with Crippen LogP contribution < -0.4 is 10.7 Å². The van der Waals surface area contributed by atoms with Crippen molar-refractivity contribution in [3.8, 4) is 0 Å². The highest BCUT2D eigenvalue weighted by Gasteiger charge is 2.07. The van der Waals surface area contributed by atoms with Crippen molar-refractivity contribution in [3.63, 3.8) is 0 Å². The number of aromatic nitrogens is 2. The van der Waals surface area contributed by atoms with Crippen molar-refractivity contribution in [1.82, 2.24) is 4.98 Å². The van der Waals surface area contributed by atoms with Crippen molar-refractivity contribution < 1.29 is 9.78 Å². The summed E-state index contributed by atoms with van der Waals surface area (Å²) in [5.41, 5.74) is 5.15. The van der Waals surface area contributed by atoms with Crippen LogP contribution in [0.3, 0.4) is 0 Å². The van der Waals surface area contributed by atoms with E-state index in [0.29, 0.717) is 5.15 Å². The highest BCUT2D eigenvalue weighted by Crippen LogP contribution is 1.96. The van der Waals surface area contributed by atoms with Gasteiger partial charge in [0.05, 0.1) is 0 Å². The van der Waals surface area contributed by atoms with Gasteiger partial charge in [-0.05, 0) is 0 Å². The molecule has 5 heteroatoms. The van der Waals surface area contributed by atoms with E-state index in [-0.39, 0.29) is 5.69 Å². The lowest BCUT2D eigenvalue weighted by atomic mass is 10.4. The second-order valence-electron chi connectivity index (χ2n) is 1.65. The van der Waals surface area contributed by atoms with Crippen molar-refractivity contribution in [2.24, 2.45) is 5.73 Å². The Kier molecular flexibility index (Phi) is 1.82. The summed E-state index contributed by atoms with van der Waals surface area (Å²) in [5, 5.41) is 0.296. The quantitative estimate of drug-likeness (QED) is 0.607. The Hall–Kier alpha value is -1.16. The number of H-pyrrole nitrogens is 1. The maximum Gasteiger partial charge on any atom is 0.315 e. The monoisotopic (exact) mass is 158 g/mol. The maximum atomic E-state index is 10.4. The number of nitrogens with one attached hydrogen (secondary N) is 1. The summed E-state index contributed by atoms with van der Waals surface area (Å²) < 4.78 is 0. The first-order chi connectivity index (χ1) is 4.70. The fourth-order valence-electron chi connectivity index (χ4n) is 0.473. The molecule has 0 saturated carbocycles. The van der Waals surface area contributed by atoms with E-state index in [1.54, 1.807) is 0 Å². The van der Waals surface area contributed by atoms with Gasteiger partial charge in [0.25, 0.3) is 5.69 Å². The standard InChI is InChI=1S/C5H4ClN3O/c6-4-2-8-3(1-9-4)5(7)10/h1-2H,(H2,7,10)/p+1. The molecule has 0 aliphatic rings. The zero-order valence-corrected chi connectivity index (χ0v) is 5.72. The molecule has 0 spiro atoms. The summed E-state index contributed by atoms with van der Waals surface area (Å²) >= 11 is 5.42. The number of carbonyl (C=O) groups excluding carboxylic acids is 1. The van der Waals surface area contributed by atoms with Gasteiger partial charge in [-0.3, -0.25) is 4.79 Å². The Morgan fingerprint density at radius 3 is 2.90 bits per heavy atom. The van der Waals surface area contributed by atoms with Crippen LogP contribution in [0.2, 0.25) is 5.15 Å². The summed E-state index contributed by atoms with van der Waals surface area (Å²) in [6.07, 6.45) is 2.67. The van der Waals surface area contributed by atoms with Crippen molar-refractivity contribution in [2.75, 3.05) is 0 Å². The molecule has 3 N–H and O–H groups in total. The predicted molar refractivity (Wildman–Crippen MR) is 34.3 cm³/mol. The first-order valence-corrected chi connectivity index (χ1v) is 2.91. The van der Waals surface area contributed by atoms with Crippen LogP contribution in [-0.4, -0.2) is 10.9 Å². The van der Waals surface area contributed by atoms with E-state index in [0.717, 1.165) is 0 Å². The Bertz CT molecular complexity index is 246. The van der Waals surface area contributed by atoms with E-state index in [1.165, 1.54) is 12.4 Å². The predicted octanol–water partition coefficient (Wildman–Crippen LogP) is -0.352. The molecular formula is C5H5ClN3O+. The molecular weight excluding hydrogens is 154 g/mol. The molecule has 0 fully saturated rings. The molecule has 0 aliphatic carbocycles. The lowest BCUT2D eigenvalue weighted by Gasteiger charge is -1.84. The Balaban J connectivity index is 3.00. The number of rotatable bonds is 1. The molecule has 52 valence electrons. The molecule has 10 heavy (non-hydrogen) atoms. The zero-order chi connectivity index (χ0) is 7.56. The summed E-state index contributed by atoms with van der Waals surface area (Å²) in [6, 6.07) is 0. The van der Waals surface area contributed by atoms with Crippen molar-refractivity contribution >= 4 is 17.5 Å². The van der Waals surface area contributed by atoms with E-state index >= 15 is 0 Å². The molecule has 1 heterocycles. The van der Waals surface area contributed by atoms with Crippen LogP contribution in [0.25, 0.3) is 0 Å². The first-order valence-electron chi connectivity index (χ1n) is 2.53. The van der Waals surface area contributed by atoms with Crippen LogP contribution in [-0.2, 0) is 0 Å². The Labute approximate surface area is 62.0 Å². The number of amides is 1. The third-order valence-electron chi connectivity index (χ3n) is 0.929. The molecule has 1 aromatic rings. The Morgan fingerprint density at radius 1 is 1.80 bits per heavy atom. The van der Waals surface area contributed by atoms with Crippen LogP contribution in [0.4, 0.5) is 0 Å². The SMILES string of the molecule is NC(=O)c1cnc(Cl)c[nH+]1. The van der Waals surface area contributed by atoms with Crippen LogP contribution in [0.15, 0.2) is 12.4 Å². The summed E-state index contributed by atoms with van der Waals surface area (Å²) in [6.45, 7) is 0. The molecule has 0 radical (unpaired) electrons. The van der Waals surface area contributed by atoms with E-state index in [2.05, 4.69) is 9.97 Å². The highest BCUT2D eigenvalue weighted by molar-refractivity contribution is 6.29. The zero-order valence-electron chi connectivity index (χ0n) is 4.97. The molecule has 0 atom stereocenters. The van der Waals surface area contributed by atoms with Crippen LogP contribution in [0, 0.1) is 0 Å². The van der Waals surface area contributed by atoms with Crippen molar-refractivity contribution in [2.45, 2.75) is 0 Å². The fraction of sp³-hybridized carbons (Fsp3) is 0. The lowest BCUT2D eigenvalue weighted by Crippen LogP contribution is -2.23. The van der Waals surface area contributed by atoms with Gasteiger partial charge in [0.1, 0.15) is 6.20 Å². The number of halogens is 1. The number of carbonyl (C=O) groups is 1. The molecule has 1 amide bonds. The topological polar surface area (TPSA) is 70.1 Å². The average Bonchev–Trinajstić information content (AvgIpc) is 1.88. The summed E-state index contributed by atoms with van der Waals surface area (Å²) in [7, 11) is 0. The molecule has 0 aliphatic heterocycles. The normalized spacial score (nSPS) is 9.30. The number of aromatic amines is 1. The van der Waals surface area contributed by atoms with E-state index in [4.69, 9.17) is 17.3 Å². The minimum absolute atomic E-state index is 0.240. The largest absolute Gasteiger partial charge is 0.360 e. The number of nitrogens with zero attached hydrogens (tertiary/aromatic N) is 1. The van der Waals surface area contributed by atoms with Gasteiger partial charge in [0.15, 0.2) is 5.15 Å². The van der Waals surface area contributed by atoms with Gasteiger partial charge < -0.3 is 5.73 Å². The van der Waals surface area contributed by atoms with Gasteiger partial charge in [0, 0.05) is 0 Å². The Morgan fingerprint density at radius 2 is 2.50 bits per heavy atom. The van der Waals surface area contributed by atoms with Gasteiger partial charge in [-0.2, -0.15) is 0 Å². The third-order valence-corrected chi connectivity index (χ3v) is 1.14. The summed E-state index contributed by atoms with van der Waals surface area (Å²) in [4.78, 5) is 16.6. The second-order valence-corrected chi connectivity index (χ2v) is 2.03. The molecule has 0 saturated heterocycles. The van der Waals surface area contributed by atoms with E-state index in [9.17, 15) is 4.79 Å². The van der Waals surface area contributed by atoms with Crippen LogP contribution in [0.1, 0.15) is 10.5 Å². The van der Waals surface area contributed by atoms with Crippen molar-refractivity contribution in [1.29, 1.82) is 0 Å². The maximum absolute atomic E-state index is 10.4. The summed E-state index contributed by atoms with van der Waals surface area (Å²) in [5.74, 6) is -0.552. The number of hydrogen-bond acceptors (Lipinski definition) is 2.